The molecule has 3 N–H and O–H groups in total. The van der Waals surface area contributed by atoms with E-state index >= 15 is 0 Å². The van der Waals surface area contributed by atoms with Crippen LogP contribution in [-0.4, -0.2) is 37.8 Å². The summed E-state index contributed by atoms with van der Waals surface area (Å²) in [5, 5.41) is 8.87. The van der Waals surface area contributed by atoms with Gasteiger partial charge in [0.15, 0.2) is 5.96 Å². The minimum Gasteiger partial charge on any atom is -0.467 e. The first-order chi connectivity index (χ1) is 12.7. The zero-order valence-corrected chi connectivity index (χ0v) is 18.2. The van der Waals surface area contributed by atoms with Crippen molar-refractivity contribution in [3.63, 3.8) is 0 Å². The van der Waals surface area contributed by atoms with Gasteiger partial charge in [0.2, 0.25) is 5.91 Å². The van der Waals surface area contributed by atoms with E-state index in [9.17, 15) is 9.18 Å². The van der Waals surface area contributed by atoms with Crippen LogP contribution in [0.2, 0.25) is 0 Å². The van der Waals surface area contributed by atoms with E-state index in [1.165, 1.54) is 12.1 Å². The van der Waals surface area contributed by atoms with E-state index in [2.05, 4.69) is 20.9 Å². The molecule has 148 valence electrons. The van der Waals surface area contributed by atoms with Crippen LogP contribution in [0, 0.1) is 5.82 Å². The fourth-order valence-electron chi connectivity index (χ4n) is 2.05. The molecule has 9 heteroatoms. The van der Waals surface area contributed by atoms with Crippen LogP contribution in [0.1, 0.15) is 12.2 Å². The fourth-order valence-corrected chi connectivity index (χ4v) is 2.90. The summed E-state index contributed by atoms with van der Waals surface area (Å²) in [7, 11) is 1.66. The Balaban J connectivity index is 0.00000364. The SMILES string of the molecule is CN=C(NCCCSc1ccc(F)cc1)NCC(=O)NCc1ccco1.I. The van der Waals surface area contributed by atoms with Crippen LogP contribution >= 0.6 is 35.7 Å². The fraction of sp³-hybridized carbons (Fsp3) is 0.333. The number of furan rings is 1. The topological polar surface area (TPSA) is 78.7 Å². The molecule has 2 rings (SSSR count). The normalized spacial score (nSPS) is 10.8. The highest BCUT2D eigenvalue weighted by Gasteiger charge is 2.04. The molecule has 1 aromatic carbocycles. The van der Waals surface area contributed by atoms with E-state index in [0.29, 0.717) is 18.3 Å². The van der Waals surface area contributed by atoms with E-state index in [4.69, 9.17) is 4.42 Å². The lowest BCUT2D eigenvalue weighted by Gasteiger charge is -2.11. The standard InChI is InChI=1S/C18H23FN4O2S.HI/c1-20-18(23-13-17(24)22-12-15-4-2-10-25-15)21-9-3-11-26-16-7-5-14(19)6-8-16;/h2,4-8,10H,3,9,11-13H2,1H3,(H,22,24)(H2,20,21,23);1H. The van der Waals surface area contributed by atoms with Crippen molar-refractivity contribution < 1.29 is 13.6 Å². The van der Waals surface area contributed by atoms with Crippen molar-refractivity contribution in [1.82, 2.24) is 16.0 Å². The van der Waals surface area contributed by atoms with Crippen LogP contribution in [-0.2, 0) is 11.3 Å². The van der Waals surface area contributed by atoms with Crippen molar-refractivity contribution in [1.29, 1.82) is 0 Å². The monoisotopic (exact) mass is 506 g/mol. The Morgan fingerprint density at radius 2 is 1.96 bits per heavy atom. The highest BCUT2D eigenvalue weighted by molar-refractivity contribution is 14.0. The lowest BCUT2D eigenvalue weighted by molar-refractivity contribution is -0.120. The smallest absolute Gasteiger partial charge is 0.239 e. The number of hydrogen-bond donors (Lipinski definition) is 3. The number of halogens is 2. The van der Waals surface area contributed by atoms with Crippen molar-refractivity contribution in [2.45, 2.75) is 17.9 Å². The molecule has 1 heterocycles. The molecule has 1 aromatic heterocycles. The zero-order valence-electron chi connectivity index (χ0n) is 15.0. The van der Waals surface area contributed by atoms with Gasteiger partial charge in [-0.1, -0.05) is 0 Å². The Bertz CT molecular complexity index is 696. The molecule has 1 amide bonds. The van der Waals surface area contributed by atoms with Gasteiger partial charge in [-0.05, 0) is 48.6 Å². The van der Waals surface area contributed by atoms with Crippen LogP contribution < -0.4 is 16.0 Å². The molecule has 0 aliphatic carbocycles. The van der Waals surface area contributed by atoms with Gasteiger partial charge in [-0.2, -0.15) is 0 Å². The minimum absolute atomic E-state index is 0. The molecule has 0 radical (unpaired) electrons. The average Bonchev–Trinajstić information content (AvgIpc) is 3.17. The highest BCUT2D eigenvalue weighted by atomic mass is 127. The second-order valence-corrected chi connectivity index (χ2v) is 6.53. The van der Waals surface area contributed by atoms with Crippen molar-refractivity contribution in [2.24, 2.45) is 4.99 Å². The first-order valence-electron chi connectivity index (χ1n) is 8.29. The Hall–Kier alpha value is -1.75. The molecule has 27 heavy (non-hydrogen) atoms. The summed E-state index contributed by atoms with van der Waals surface area (Å²) in [5.41, 5.74) is 0. The number of guanidine groups is 1. The summed E-state index contributed by atoms with van der Waals surface area (Å²) in [4.78, 5) is 16.9. The molecule has 6 nitrogen and oxygen atoms in total. The molecule has 0 spiro atoms. The number of amides is 1. The van der Waals surface area contributed by atoms with Gasteiger partial charge in [-0.15, -0.1) is 35.7 Å². The largest absolute Gasteiger partial charge is 0.467 e. The predicted molar refractivity (Wildman–Crippen MR) is 117 cm³/mol. The lowest BCUT2D eigenvalue weighted by Crippen LogP contribution is -2.43. The van der Waals surface area contributed by atoms with E-state index in [1.807, 2.05) is 0 Å². The Labute approximate surface area is 179 Å². The van der Waals surface area contributed by atoms with E-state index in [1.54, 1.807) is 49.3 Å². The molecule has 2 aromatic rings. The first-order valence-corrected chi connectivity index (χ1v) is 9.28. The molecule has 0 fully saturated rings. The average molecular weight is 506 g/mol. The molecule has 0 saturated carbocycles. The quantitative estimate of drug-likeness (QED) is 0.160. The summed E-state index contributed by atoms with van der Waals surface area (Å²) < 4.78 is 18.0. The van der Waals surface area contributed by atoms with Crippen LogP contribution in [0.4, 0.5) is 4.39 Å². The van der Waals surface area contributed by atoms with Gasteiger partial charge in [0.1, 0.15) is 11.6 Å². The number of nitrogens with one attached hydrogen (secondary N) is 3. The summed E-state index contributed by atoms with van der Waals surface area (Å²) in [6, 6.07) is 10.1. The van der Waals surface area contributed by atoms with E-state index in [-0.39, 0.29) is 42.2 Å². The number of thioether (sulfide) groups is 1. The summed E-state index contributed by atoms with van der Waals surface area (Å²) in [6.07, 6.45) is 2.48. The van der Waals surface area contributed by atoms with Gasteiger partial charge < -0.3 is 20.4 Å². The Morgan fingerprint density at radius 3 is 2.63 bits per heavy atom. The molecule has 0 aliphatic heterocycles. The maximum Gasteiger partial charge on any atom is 0.239 e. The number of nitrogens with zero attached hydrogens (tertiary/aromatic N) is 1. The number of hydrogen-bond acceptors (Lipinski definition) is 4. The number of rotatable bonds is 9. The first kappa shape index (κ1) is 23.3. The van der Waals surface area contributed by atoms with Crippen LogP contribution in [0.5, 0.6) is 0 Å². The zero-order chi connectivity index (χ0) is 18.6. The van der Waals surface area contributed by atoms with Crippen LogP contribution in [0.15, 0.2) is 57.0 Å². The Morgan fingerprint density at radius 1 is 1.19 bits per heavy atom. The van der Waals surface area contributed by atoms with Gasteiger partial charge in [0, 0.05) is 18.5 Å². The van der Waals surface area contributed by atoms with E-state index in [0.717, 1.165) is 23.6 Å². The van der Waals surface area contributed by atoms with Crippen LogP contribution in [0.3, 0.4) is 0 Å². The van der Waals surface area contributed by atoms with Crippen molar-refractivity contribution in [3.8, 4) is 0 Å². The van der Waals surface area contributed by atoms with Crippen molar-refractivity contribution in [3.05, 3.63) is 54.2 Å². The minimum atomic E-state index is -0.223. The molecule has 0 unspecified atom stereocenters. The predicted octanol–water partition coefficient (Wildman–Crippen LogP) is 3.00. The van der Waals surface area contributed by atoms with Crippen LogP contribution in [0.25, 0.3) is 0 Å². The van der Waals surface area contributed by atoms with Crippen molar-refractivity contribution >= 4 is 47.6 Å². The highest BCUT2D eigenvalue weighted by Crippen LogP contribution is 2.18. The number of carbonyl (C=O) groups is 1. The number of aliphatic imine (C=N–C) groups is 1. The molecular formula is C18H24FIN4O2S. The molecule has 0 saturated heterocycles. The lowest BCUT2D eigenvalue weighted by atomic mass is 10.4. The van der Waals surface area contributed by atoms with Gasteiger partial charge in [0.25, 0.3) is 0 Å². The molecular weight excluding hydrogens is 482 g/mol. The summed E-state index contributed by atoms with van der Waals surface area (Å²) in [5.74, 6) is 1.82. The third kappa shape index (κ3) is 9.66. The van der Waals surface area contributed by atoms with Gasteiger partial charge in [-0.25, -0.2) is 4.39 Å². The summed E-state index contributed by atoms with van der Waals surface area (Å²) >= 11 is 1.67. The number of carbonyl (C=O) groups excluding carboxylic acids is 1. The third-order valence-corrected chi connectivity index (χ3v) is 4.47. The number of benzene rings is 1. The maximum atomic E-state index is 12.8. The van der Waals surface area contributed by atoms with Crippen molar-refractivity contribution in [2.75, 3.05) is 25.9 Å². The third-order valence-electron chi connectivity index (χ3n) is 3.38. The maximum absolute atomic E-state index is 12.8. The van der Waals surface area contributed by atoms with Gasteiger partial charge in [-0.3, -0.25) is 9.79 Å². The molecule has 0 bridgehead atoms. The van der Waals surface area contributed by atoms with E-state index < -0.39 is 0 Å². The summed E-state index contributed by atoms with van der Waals surface area (Å²) in [6.45, 7) is 1.22. The van der Waals surface area contributed by atoms with Gasteiger partial charge >= 0.3 is 0 Å². The molecule has 0 aliphatic rings. The molecule has 0 atom stereocenters. The Kier molecular flexibility index (Phi) is 11.6. The second kappa shape index (κ2) is 13.4. The van der Waals surface area contributed by atoms with Gasteiger partial charge in [0.05, 0.1) is 19.4 Å². The second-order valence-electron chi connectivity index (χ2n) is 5.36.